The van der Waals surface area contributed by atoms with Crippen LogP contribution in [0.3, 0.4) is 0 Å². The SMILES string of the molecule is Cn1nccc1CCC1COCCC1=O. The summed E-state index contributed by atoms with van der Waals surface area (Å²) in [6.07, 6.45) is 4.14. The second-order valence-corrected chi connectivity index (χ2v) is 3.97. The van der Waals surface area contributed by atoms with Crippen LogP contribution in [0, 0.1) is 5.92 Å². The van der Waals surface area contributed by atoms with Gasteiger partial charge in [-0.15, -0.1) is 0 Å². The highest BCUT2D eigenvalue weighted by atomic mass is 16.5. The zero-order chi connectivity index (χ0) is 10.7. The number of ether oxygens (including phenoxy) is 1. The molecule has 2 rings (SSSR count). The van der Waals surface area contributed by atoms with Gasteiger partial charge in [0.2, 0.25) is 0 Å². The first-order chi connectivity index (χ1) is 7.27. The fourth-order valence-corrected chi connectivity index (χ4v) is 1.91. The molecular formula is C11H16N2O2. The smallest absolute Gasteiger partial charge is 0.140 e. The summed E-state index contributed by atoms with van der Waals surface area (Å²) >= 11 is 0. The highest BCUT2D eigenvalue weighted by Gasteiger charge is 2.22. The summed E-state index contributed by atoms with van der Waals surface area (Å²) in [5.74, 6) is 0.442. The van der Waals surface area contributed by atoms with E-state index < -0.39 is 0 Å². The van der Waals surface area contributed by atoms with E-state index in [-0.39, 0.29) is 5.92 Å². The minimum atomic E-state index is 0.0913. The normalized spacial score (nSPS) is 21.9. The molecule has 1 fully saturated rings. The first-order valence-corrected chi connectivity index (χ1v) is 5.34. The van der Waals surface area contributed by atoms with Crippen LogP contribution in [0.15, 0.2) is 12.3 Å². The molecule has 1 unspecified atom stereocenters. The van der Waals surface area contributed by atoms with E-state index in [0.29, 0.717) is 25.4 Å². The number of rotatable bonds is 3. The summed E-state index contributed by atoms with van der Waals surface area (Å²) < 4.78 is 7.16. The molecule has 4 heteroatoms. The molecular weight excluding hydrogens is 192 g/mol. The topological polar surface area (TPSA) is 44.1 Å². The minimum Gasteiger partial charge on any atom is -0.380 e. The molecule has 0 radical (unpaired) electrons. The zero-order valence-corrected chi connectivity index (χ0v) is 8.98. The van der Waals surface area contributed by atoms with Gasteiger partial charge in [-0.1, -0.05) is 0 Å². The number of hydrogen-bond acceptors (Lipinski definition) is 3. The van der Waals surface area contributed by atoms with Crippen LogP contribution in [0.5, 0.6) is 0 Å². The Morgan fingerprint density at radius 1 is 1.67 bits per heavy atom. The van der Waals surface area contributed by atoms with Crippen molar-refractivity contribution in [2.75, 3.05) is 13.2 Å². The predicted octanol–water partition coefficient (Wildman–Crippen LogP) is 0.958. The van der Waals surface area contributed by atoms with E-state index in [0.717, 1.165) is 12.8 Å². The van der Waals surface area contributed by atoms with Crippen LogP contribution < -0.4 is 0 Å². The average molecular weight is 208 g/mol. The van der Waals surface area contributed by atoms with E-state index >= 15 is 0 Å². The average Bonchev–Trinajstić information content (AvgIpc) is 2.63. The van der Waals surface area contributed by atoms with Crippen LogP contribution in [0.1, 0.15) is 18.5 Å². The largest absolute Gasteiger partial charge is 0.380 e. The van der Waals surface area contributed by atoms with Crippen molar-refractivity contribution >= 4 is 5.78 Å². The van der Waals surface area contributed by atoms with Gasteiger partial charge >= 0.3 is 0 Å². The first kappa shape index (κ1) is 10.4. The van der Waals surface area contributed by atoms with Crippen molar-refractivity contribution in [3.05, 3.63) is 18.0 Å². The summed E-state index contributed by atoms with van der Waals surface area (Å²) in [4.78, 5) is 11.5. The summed E-state index contributed by atoms with van der Waals surface area (Å²) in [5.41, 5.74) is 1.17. The molecule has 1 aliphatic heterocycles. The molecule has 82 valence electrons. The van der Waals surface area contributed by atoms with Crippen LogP contribution in [0.25, 0.3) is 0 Å². The quantitative estimate of drug-likeness (QED) is 0.743. The lowest BCUT2D eigenvalue weighted by Gasteiger charge is -2.20. The van der Waals surface area contributed by atoms with Gasteiger partial charge in [-0.25, -0.2) is 0 Å². The summed E-state index contributed by atoms with van der Waals surface area (Å²) in [5, 5.41) is 4.10. The molecule has 2 heterocycles. The second kappa shape index (κ2) is 4.57. The van der Waals surface area contributed by atoms with Gasteiger partial charge in [0.1, 0.15) is 5.78 Å². The fraction of sp³-hybridized carbons (Fsp3) is 0.636. The molecule has 1 aromatic rings. The van der Waals surface area contributed by atoms with Gasteiger partial charge in [0.15, 0.2) is 0 Å². The molecule has 1 aromatic heterocycles. The Hall–Kier alpha value is -1.16. The third kappa shape index (κ3) is 2.45. The number of ketones is 1. The Morgan fingerprint density at radius 2 is 2.53 bits per heavy atom. The summed E-state index contributed by atoms with van der Waals surface area (Å²) in [7, 11) is 1.93. The van der Waals surface area contributed by atoms with E-state index in [9.17, 15) is 4.79 Å². The Labute approximate surface area is 89.2 Å². The molecule has 1 atom stereocenters. The molecule has 0 aliphatic carbocycles. The maximum absolute atomic E-state index is 11.5. The molecule has 0 amide bonds. The van der Waals surface area contributed by atoms with Crippen LogP contribution in [-0.4, -0.2) is 28.8 Å². The molecule has 0 bridgehead atoms. The van der Waals surface area contributed by atoms with Crippen LogP contribution >= 0.6 is 0 Å². The van der Waals surface area contributed by atoms with Gasteiger partial charge in [0, 0.05) is 31.3 Å². The Kier molecular flexibility index (Phi) is 3.16. The van der Waals surface area contributed by atoms with Gasteiger partial charge in [-0.3, -0.25) is 9.48 Å². The Balaban J connectivity index is 1.87. The van der Waals surface area contributed by atoms with Gasteiger partial charge < -0.3 is 4.74 Å². The van der Waals surface area contributed by atoms with Gasteiger partial charge in [-0.2, -0.15) is 5.10 Å². The summed E-state index contributed by atoms with van der Waals surface area (Å²) in [6, 6.07) is 1.99. The number of carbonyl (C=O) groups is 1. The Bertz CT molecular complexity index is 346. The maximum Gasteiger partial charge on any atom is 0.140 e. The Morgan fingerprint density at radius 3 is 3.20 bits per heavy atom. The van der Waals surface area contributed by atoms with E-state index in [1.165, 1.54) is 5.69 Å². The number of carbonyl (C=O) groups excluding carboxylic acids is 1. The summed E-state index contributed by atoms with van der Waals surface area (Å²) in [6.45, 7) is 1.19. The van der Waals surface area contributed by atoms with Crippen molar-refractivity contribution in [1.82, 2.24) is 9.78 Å². The fourth-order valence-electron chi connectivity index (χ4n) is 1.91. The van der Waals surface area contributed by atoms with Gasteiger partial charge in [0.05, 0.1) is 13.2 Å². The predicted molar refractivity (Wildman–Crippen MR) is 55.5 cm³/mol. The molecule has 4 nitrogen and oxygen atoms in total. The van der Waals surface area contributed by atoms with Crippen molar-refractivity contribution in [2.45, 2.75) is 19.3 Å². The second-order valence-electron chi connectivity index (χ2n) is 3.97. The first-order valence-electron chi connectivity index (χ1n) is 5.34. The van der Waals surface area contributed by atoms with Crippen LogP contribution in [0.2, 0.25) is 0 Å². The number of Topliss-reactive ketones (excluding diaryl/α,β-unsaturated/α-hetero) is 1. The lowest BCUT2D eigenvalue weighted by Crippen LogP contribution is -2.28. The maximum atomic E-state index is 11.5. The van der Waals surface area contributed by atoms with Crippen molar-refractivity contribution in [3.8, 4) is 0 Å². The number of aromatic nitrogens is 2. The van der Waals surface area contributed by atoms with E-state index in [1.807, 2.05) is 17.8 Å². The zero-order valence-electron chi connectivity index (χ0n) is 8.98. The third-order valence-electron chi connectivity index (χ3n) is 2.94. The van der Waals surface area contributed by atoms with Crippen LogP contribution in [0.4, 0.5) is 0 Å². The highest BCUT2D eigenvalue weighted by molar-refractivity contribution is 5.81. The molecule has 1 saturated heterocycles. The van der Waals surface area contributed by atoms with E-state index in [1.54, 1.807) is 6.20 Å². The lowest BCUT2D eigenvalue weighted by atomic mass is 9.95. The van der Waals surface area contributed by atoms with E-state index in [2.05, 4.69) is 5.10 Å². The molecule has 0 aromatic carbocycles. The monoisotopic (exact) mass is 208 g/mol. The number of aryl methyl sites for hydroxylation is 2. The molecule has 1 aliphatic rings. The van der Waals surface area contributed by atoms with Gasteiger partial charge in [0.25, 0.3) is 0 Å². The number of hydrogen-bond donors (Lipinski definition) is 0. The number of nitrogens with zero attached hydrogens (tertiary/aromatic N) is 2. The van der Waals surface area contributed by atoms with Crippen molar-refractivity contribution in [2.24, 2.45) is 13.0 Å². The van der Waals surface area contributed by atoms with Crippen molar-refractivity contribution in [3.63, 3.8) is 0 Å². The lowest BCUT2D eigenvalue weighted by molar-refractivity contribution is -0.130. The van der Waals surface area contributed by atoms with Gasteiger partial charge in [-0.05, 0) is 18.9 Å². The standard InChI is InChI=1S/C11H16N2O2/c1-13-10(4-6-12-13)3-2-9-8-15-7-5-11(9)14/h4,6,9H,2-3,5,7-8H2,1H3. The minimum absolute atomic E-state index is 0.0913. The third-order valence-corrected chi connectivity index (χ3v) is 2.94. The van der Waals surface area contributed by atoms with Crippen molar-refractivity contribution < 1.29 is 9.53 Å². The van der Waals surface area contributed by atoms with E-state index in [4.69, 9.17) is 4.74 Å². The molecule has 0 spiro atoms. The van der Waals surface area contributed by atoms with Crippen LogP contribution in [-0.2, 0) is 23.0 Å². The molecule has 0 N–H and O–H groups in total. The molecule has 0 saturated carbocycles. The highest BCUT2D eigenvalue weighted by Crippen LogP contribution is 2.16. The molecule has 15 heavy (non-hydrogen) atoms. The van der Waals surface area contributed by atoms with Crippen molar-refractivity contribution in [1.29, 1.82) is 0 Å².